The summed E-state index contributed by atoms with van der Waals surface area (Å²) in [4.78, 5) is 26.5. The molecular weight excluding hydrogens is 761 g/mol. The SMILES string of the molecule is Cc1ccc(S(=O)(=O)NC(=O)NCCOc2ccc(C(C)(C)C)cc2Sc2cc(C(C)(C)C)ccc2OCCNC(=O)NS(=O)(=O)c2ccc(C)cc2)cc1. The van der Waals surface area contributed by atoms with E-state index in [-0.39, 0.29) is 46.9 Å². The number of hydrogen-bond acceptors (Lipinski definition) is 9. The van der Waals surface area contributed by atoms with Crippen molar-refractivity contribution in [2.45, 2.75) is 85.8 Å². The molecule has 0 saturated heterocycles. The summed E-state index contributed by atoms with van der Waals surface area (Å²) < 4.78 is 66.8. The molecule has 0 bridgehead atoms. The third-order valence-electron chi connectivity index (χ3n) is 8.25. The van der Waals surface area contributed by atoms with E-state index in [0.29, 0.717) is 11.5 Å². The van der Waals surface area contributed by atoms with E-state index in [1.54, 1.807) is 24.3 Å². The van der Waals surface area contributed by atoms with Gasteiger partial charge in [0.2, 0.25) is 0 Å². The van der Waals surface area contributed by atoms with Gasteiger partial charge in [0.05, 0.1) is 32.7 Å². The van der Waals surface area contributed by atoms with E-state index in [2.05, 4.69) is 52.2 Å². The van der Waals surface area contributed by atoms with Crippen molar-refractivity contribution in [1.29, 1.82) is 0 Å². The second kappa shape index (κ2) is 17.8. The first-order valence-corrected chi connectivity index (χ1v) is 21.4. The summed E-state index contributed by atoms with van der Waals surface area (Å²) in [6.45, 7) is 16.5. The number of nitrogens with one attached hydrogen (secondary N) is 4. The normalized spacial score (nSPS) is 12.1. The van der Waals surface area contributed by atoms with Crippen LogP contribution in [0.1, 0.15) is 63.8 Å². The Morgan fingerprint density at radius 3 is 1.24 bits per heavy atom. The van der Waals surface area contributed by atoms with Gasteiger partial charge in [0, 0.05) is 0 Å². The molecule has 12 nitrogen and oxygen atoms in total. The summed E-state index contributed by atoms with van der Waals surface area (Å²) in [5.41, 5.74) is 3.55. The first-order chi connectivity index (χ1) is 25.6. The van der Waals surface area contributed by atoms with Gasteiger partial charge in [-0.05, 0) is 84.3 Å². The van der Waals surface area contributed by atoms with Crippen LogP contribution in [0.5, 0.6) is 11.5 Å². The fourth-order valence-electron chi connectivity index (χ4n) is 4.99. The minimum Gasteiger partial charge on any atom is -0.491 e. The van der Waals surface area contributed by atoms with E-state index in [0.717, 1.165) is 32.0 Å². The van der Waals surface area contributed by atoms with Crippen LogP contribution in [0.15, 0.2) is 105 Å². The molecule has 15 heteroatoms. The molecule has 0 fully saturated rings. The predicted octanol–water partition coefficient (Wildman–Crippen LogP) is 7.18. The van der Waals surface area contributed by atoms with E-state index < -0.39 is 32.1 Å². The summed E-state index contributed by atoms with van der Waals surface area (Å²) in [5, 5.41) is 5.08. The summed E-state index contributed by atoms with van der Waals surface area (Å²) >= 11 is 1.43. The van der Waals surface area contributed by atoms with E-state index >= 15 is 0 Å². The quantitative estimate of drug-likeness (QED) is 0.0964. The lowest BCUT2D eigenvalue weighted by atomic mass is 9.87. The van der Waals surface area contributed by atoms with Gasteiger partial charge in [-0.2, -0.15) is 0 Å². The number of amides is 4. The van der Waals surface area contributed by atoms with Crippen LogP contribution in [-0.2, 0) is 30.9 Å². The van der Waals surface area contributed by atoms with Gasteiger partial charge >= 0.3 is 12.1 Å². The van der Waals surface area contributed by atoms with E-state index in [9.17, 15) is 26.4 Å². The number of aryl methyl sites for hydroxylation is 2. The molecule has 0 aliphatic heterocycles. The highest BCUT2D eigenvalue weighted by Gasteiger charge is 2.22. The van der Waals surface area contributed by atoms with Crippen LogP contribution in [0.3, 0.4) is 0 Å². The Morgan fingerprint density at radius 2 is 0.909 bits per heavy atom. The molecule has 4 rings (SSSR count). The first kappa shape index (κ1) is 43.0. The third-order valence-corrected chi connectivity index (χ3v) is 12.0. The van der Waals surface area contributed by atoms with Crippen LogP contribution >= 0.6 is 11.8 Å². The molecule has 296 valence electrons. The fourth-order valence-corrected chi connectivity index (χ4v) is 7.91. The van der Waals surface area contributed by atoms with Crippen LogP contribution in [0.25, 0.3) is 0 Å². The standard InChI is InChI=1S/C40H50N4O8S3/c1-27-9-15-31(16-10-27)54(47,48)43-37(45)41-21-23-51-33-19-13-29(39(3,4)5)25-35(33)53-36-26-30(40(6,7)8)14-20-34(36)52-24-22-42-38(46)44-55(49,50)32-17-11-28(2)12-18-32/h9-20,25-26H,21-24H2,1-8H3,(H2,41,43,45)(H2,42,44,46). The number of carbonyl (C=O) groups is 2. The summed E-state index contributed by atoms with van der Waals surface area (Å²) in [7, 11) is -8.08. The maximum absolute atomic E-state index is 12.6. The Hall–Kier alpha value is -4.73. The molecule has 0 saturated carbocycles. The predicted molar refractivity (Wildman–Crippen MR) is 215 cm³/mol. The zero-order valence-corrected chi connectivity index (χ0v) is 34.9. The molecule has 0 aromatic heterocycles. The Labute approximate surface area is 329 Å². The van der Waals surface area contributed by atoms with Gasteiger partial charge < -0.3 is 20.1 Å². The first-order valence-electron chi connectivity index (χ1n) is 17.6. The zero-order chi connectivity index (χ0) is 40.6. The Balaban J connectivity index is 1.45. The molecular formula is C40H50N4O8S3. The highest BCUT2D eigenvalue weighted by atomic mass is 32.2. The van der Waals surface area contributed by atoms with Gasteiger partial charge in [-0.25, -0.2) is 35.9 Å². The third kappa shape index (κ3) is 12.7. The number of urea groups is 2. The van der Waals surface area contributed by atoms with Gasteiger partial charge in [0.25, 0.3) is 20.0 Å². The van der Waals surface area contributed by atoms with Crippen molar-refractivity contribution in [2.75, 3.05) is 26.3 Å². The van der Waals surface area contributed by atoms with Crippen molar-refractivity contribution in [3.63, 3.8) is 0 Å². The minimum absolute atomic E-state index is 0.0184. The Kier molecular flexibility index (Phi) is 13.9. The molecule has 0 spiro atoms. The van der Waals surface area contributed by atoms with Gasteiger partial charge in [-0.15, -0.1) is 0 Å². The Morgan fingerprint density at radius 1 is 0.564 bits per heavy atom. The van der Waals surface area contributed by atoms with Crippen LogP contribution < -0.4 is 29.6 Å². The van der Waals surface area contributed by atoms with Crippen molar-refractivity contribution in [3.8, 4) is 11.5 Å². The highest BCUT2D eigenvalue weighted by molar-refractivity contribution is 7.99. The highest BCUT2D eigenvalue weighted by Crippen LogP contribution is 2.43. The van der Waals surface area contributed by atoms with Crippen LogP contribution in [0.2, 0.25) is 0 Å². The lowest BCUT2D eigenvalue weighted by Crippen LogP contribution is -2.41. The zero-order valence-electron chi connectivity index (χ0n) is 32.4. The Bertz CT molecular complexity index is 2040. The number of benzene rings is 4. The smallest absolute Gasteiger partial charge is 0.328 e. The van der Waals surface area contributed by atoms with Crippen molar-refractivity contribution in [1.82, 2.24) is 20.1 Å². The number of hydrogen-bond donors (Lipinski definition) is 4. The molecule has 0 atom stereocenters. The lowest BCUT2D eigenvalue weighted by molar-refractivity contribution is 0.240. The van der Waals surface area contributed by atoms with E-state index in [1.165, 1.54) is 36.0 Å². The largest absolute Gasteiger partial charge is 0.491 e. The molecule has 0 aliphatic rings. The molecule has 55 heavy (non-hydrogen) atoms. The molecule has 0 heterocycles. The van der Waals surface area contributed by atoms with Crippen molar-refractivity contribution in [3.05, 3.63) is 107 Å². The molecule has 0 radical (unpaired) electrons. The molecule has 0 unspecified atom stereocenters. The van der Waals surface area contributed by atoms with Crippen LogP contribution in [0.4, 0.5) is 9.59 Å². The van der Waals surface area contributed by atoms with Gasteiger partial charge in [0.15, 0.2) is 0 Å². The van der Waals surface area contributed by atoms with Crippen molar-refractivity contribution >= 4 is 43.9 Å². The molecule has 4 amide bonds. The average Bonchev–Trinajstić information content (AvgIpc) is 3.08. The van der Waals surface area contributed by atoms with Crippen LogP contribution in [-0.4, -0.2) is 55.2 Å². The maximum atomic E-state index is 12.6. The number of carbonyl (C=O) groups excluding carboxylic acids is 2. The lowest BCUT2D eigenvalue weighted by Gasteiger charge is -2.23. The molecule has 0 aliphatic carbocycles. The second-order valence-electron chi connectivity index (χ2n) is 15.0. The average molecular weight is 811 g/mol. The topological polar surface area (TPSA) is 169 Å². The van der Waals surface area contributed by atoms with Crippen molar-refractivity contribution in [2.24, 2.45) is 0 Å². The molecule has 4 N–H and O–H groups in total. The minimum atomic E-state index is -4.04. The van der Waals surface area contributed by atoms with Gasteiger partial charge in [-0.3, -0.25) is 0 Å². The van der Waals surface area contributed by atoms with Gasteiger partial charge in [0.1, 0.15) is 24.7 Å². The maximum Gasteiger partial charge on any atom is 0.328 e. The van der Waals surface area contributed by atoms with E-state index in [4.69, 9.17) is 9.47 Å². The van der Waals surface area contributed by atoms with E-state index in [1.807, 2.05) is 59.7 Å². The number of rotatable bonds is 14. The molecule has 4 aromatic carbocycles. The van der Waals surface area contributed by atoms with Crippen LogP contribution in [0, 0.1) is 13.8 Å². The molecule has 4 aromatic rings. The summed E-state index contributed by atoms with van der Waals surface area (Å²) in [6, 6.07) is 22.4. The summed E-state index contributed by atoms with van der Waals surface area (Å²) in [5.74, 6) is 1.10. The summed E-state index contributed by atoms with van der Waals surface area (Å²) in [6.07, 6.45) is 0. The number of sulfonamides is 2. The fraction of sp³-hybridized carbons (Fsp3) is 0.350. The number of ether oxygens (including phenoxy) is 2. The van der Waals surface area contributed by atoms with Gasteiger partial charge in [-0.1, -0.05) is 101 Å². The van der Waals surface area contributed by atoms with Crippen molar-refractivity contribution < 1.29 is 35.9 Å². The second-order valence-corrected chi connectivity index (χ2v) is 19.4. The monoisotopic (exact) mass is 810 g/mol.